The van der Waals surface area contributed by atoms with Gasteiger partial charge in [0.05, 0.1) is 0 Å². The summed E-state index contributed by atoms with van der Waals surface area (Å²) in [5.74, 6) is -0.437. The van der Waals surface area contributed by atoms with Gasteiger partial charge in [0.15, 0.2) is 0 Å². The van der Waals surface area contributed by atoms with Crippen LogP contribution in [-0.2, 0) is 13.9 Å². The van der Waals surface area contributed by atoms with E-state index in [9.17, 15) is 4.79 Å². The topological polar surface area (TPSA) is 51.4 Å². The zero-order valence-electron chi connectivity index (χ0n) is 15.5. The molecule has 0 bridgehead atoms. The summed E-state index contributed by atoms with van der Waals surface area (Å²) >= 11 is 0. The Kier molecular flexibility index (Phi) is 4.15. The van der Waals surface area contributed by atoms with Gasteiger partial charge in [-0.1, -0.05) is 0 Å². The third-order valence-corrected chi connectivity index (χ3v) is 8.26. The molecule has 0 radical (unpaired) electrons. The van der Waals surface area contributed by atoms with Crippen LogP contribution in [0.5, 0.6) is 0 Å². The van der Waals surface area contributed by atoms with Gasteiger partial charge in [-0.05, 0) is 0 Å². The minimum atomic E-state index is -3.91. The van der Waals surface area contributed by atoms with Gasteiger partial charge in [0.1, 0.15) is 0 Å². The molecule has 1 fully saturated rings. The van der Waals surface area contributed by atoms with Crippen LogP contribution in [0.15, 0.2) is 72.8 Å². The second kappa shape index (κ2) is 6.28. The normalized spacial score (nSPS) is 18.1. The molecule has 4 rings (SSSR count). The summed E-state index contributed by atoms with van der Waals surface area (Å²) in [5, 5.41) is 1.45. The molecule has 5 heteroatoms. The minimum absolute atomic E-state index is 0.437. The summed E-state index contributed by atoms with van der Waals surface area (Å²) in [6.07, 6.45) is 0. The molecule has 3 aromatic rings. The second-order valence-corrected chi connectivity index (χ2v) is 10.1. The van der Waals surface area contributed by atoms with Crippen molar-refractivity contribution in [2.24, 2.45) is 0 Å². The van der Waals surface area contributed by atoms with Crippen LogP contribution in [0.2, 0.25) is 0 Å². The van der Waals surface area contributed by atoms with Crippen molar-refractivity contribution in [1.82, 2.24) is 0 Å². The zero-order chi connectivity index (χ0) is 19.1. The molecular weight excluding hydrogens is 359 g/mol. The predicted molar refractivity (Wildman–Crippen MR) is 107 cm³/mol. The van der Waals surface area contributed by atoms with Crippen molar-refractivity contribution in [3.05, 3.63) is 95.1 Å². The average Bonchev–Trinajstić information content (AvgIpc) is 3.40. The molecule has 138 valence electrons. The monoisotopic (exact) mass is 380 g/mol. The van der Waals surface area contributed by atoms with Gasteiger partial charge in [0.2, 0.25) is 0 Å². The number of carbonyl (C=O) groups excluding carboxylic acids is 1. The van der Waals surface area contributed by atoms with Crippen molar-refractivity contribution < 1.29 is 18.7 Å². The maximum absolute atomic E-state index is 13.3. The molecular formula is C22H21O4P. The molecule has 0 amide bonds. The van der Waals surface area contributed by atoms with Gasteiger partial charge in [0, 0.05) is 0 Å². The van der Waals surface area contributed by atoms with Gasteiger partial charge >= 0.3 is 158 Å². The Morgan fingerprint density at radius 2 is 1.22 bits per heavy atom. The van der Waals surface area contributed by atoms with Gasteiger partial charge < -0.3 is 0 Å². The van der Waals surface area contributed by atoms with E-state index >= 15 is 0 Å². The first kappa shape index (κ1) is 17.9. The van der Waals surface area contributed by atoms with E-state index in [1.165, 1.54) is 0 Å². The Bertz CT molecular complexity index is 944. The number of aryl methyl sites for hydroxylation is 3. The first-order valence-corrected chi connectivity index (χ1v) is 10.8. The van der Waals surface area contributed by atoms with Crippen molar-refractivity contribution >= 4 is 23.9 Å². The van der Waals surface area contributed by atoms with E-state index in [0.717, 1.165) is 27.3 Å². The van der Waals surface area contributed by atoms with Gasteiger partial charge in [-0.25, -0.2) is 0 Å². The molecule has 0 aromatic heterocycles. The van der Waals surface area contributed by atoms with Gasteiger partial charge in [-0.3, -0.25) is 0 Å². The van der Waals surface area contributed by atoms with Crippen molar-refractivity contribution in [1.29, 1.82) is 0 Å². The molecule has 0 N–H and O–H groups in total. The van der Waals surface area contributed by atoms with Crippen LogP contribution in [0.3, 0.4) is 0 Å². The first-order chi connectivity index (χ1) is 12.9. The van der Waals surface area contributed by atoms with E-state index in [4.69, 9.17) is 13.9 Å². The SMILES string of the molecule is Cc1cc(C)c(C(=O)OP2(c3ccccc3)(c3ccccc3)OO2)c(C)c1. The second-order valence-electron chi connectivity index (χ2n) is 6.86. The molecule has 0 spiro atoms. The standard InChI is InChI=1S/C22H21O4P/c1-16-14-17(2)21(18(3)15-16)22(23)24-27(25-26-27,19-10-6-4-7-11-19)20-12-8-5-9-13-20/h4-15H,1-3H3. The van der Waals surface area contributed by atoms with Crippen LogP contribution in [0.25, 0.3) is 0 Å². The third kappa shape index (κ3) is 2.78. The first-order valence-electron chi connectivity index (χ1n) is 8.80. The Morgan fingerprint density at radius 3 is 1.63 bits per heavy atom. The van der Waals surface area contributed by atoms with Crippen molar-refractivity contribution in [2.45, 2.75) is 20.8 Å². The summed E-state index contributed by atoms with van der Waals surface area (Å²) in [6, 6.07) is 22.8. The quantitative estimate of drug-likeness (QED) is 0.375. The van der Waals surface area contributed by atoms with E-state index in [0.29, 0.717) is 5.56 Å². The summed E-state index contributed by atoms with van der Waals surface area (Å²) in [6.45, 7) is 5.83. The number of hydrogen-bond donors (Lipinski definition) is 0. The molecule has 1 heterocycles. The molecule has 0 unspecified atom stereocenters. The Hall–Kier alpha value is -2.52. The predicted octanol–water partition coefficient (Wildman–Crippen LogP) is 4.68. The van der Waals surface area contributed by atoms with Crippen LogP contribution < -0.4 is 10.6 Å². The number of rotatable bonds is 4. The fourth-order valence-corrected chi connectivity index (χ4v) is 6.63. The number of benzene rings is 3. The van der Waals surface area contributed by atoms with E-state index in [1.807, 2.05) is 93.6 Å². The van der Waals surface area contributed by atoms with Crippen LogP contribution in [0.1, 0.15) is 27.0 Å². The van der Waals surface area contributed by atoms with Gasteiger partial charge in [0.25, 0.3) is 0 Å². The van der Waals surface area contributed by atoms with Crippen molar-refractivity contribution in [2.75, 3.05) is 0 Å². The third-order valence-electron chi connectivity index (χ3n) is 4.82. The van der Waals surface area contributed by atoms with E-state index in [-0.39, 0.29) is 0 Å². The average molecular weight is 380 g/mol. The number of carbonyl (C=O) groups is 1. The summed E-state index contributed by atoms with van der Waals surface area (Å²) in [5.41, 5.74) is 3.40. The fourth-order valence-electron chi connectivity index (χ4n) is 3.57. The van der Waals surface area contributed by atoms with E-state index in [2.05, 4.69) is 0 Å². The molecule has 27 heavy (non-hydrogen) atoms. The molecule has 0 atom stereocenters. The van der Waals surface area contributed by atoms with Crippen molar-refractivity contribution in [3.63, 3.8) is 0 Å². The molecule has 1 saturated heterocycles. The van der Waals surface area contributed by atoms with Crippen LogP contribution in [0.4, 0.5) is 0 Å². The number of hydrogen-bond acceptors (Lipinski definition) is 4. The summed E-state index contributed by atoms with van der Waals surface area (Å²) < 4.78 is 17.4. The van der Waals surface area contributed by atoms with Gasteiger partial charge in [-0.15, -0.1) is 0 Å². The fraction of sp³-hybridized carbons (Fsp3) is 0.136. The molecule has 1 aliphatic heterocycles. The Balaban J connectivity index is 1.85. The van der Waals surface area contributed by atoms with Gasteiger partial charge in [-0.2, -0.15) is 0 Å². The Labute approximate surface area is 158 Å². The van der Waals surface area contributed by atoms with Crippen LogP contribution in [0, 0.1) is 20.8 Å². The van der Waals surface area contributed by atoms with Crippen molar-refractivity contribution in [3.8, 4) is 0 Å². The van der Waals surface area contributed by atoms with Crippen LogP contribution >= 0.6 is 7.28 Å². The summed E-state index contributed by atoms with van der Waals surface area (Å²) in [4.78, 5) is 13.3. The van der Waals surface area contributed by atoms with Crippen LogP contribution in [-0.4, -0.2) is 5.97 Å². The molecule has 0 aliphatic carbocycles. The maximum atomic E-state index is 13.3. The molecule has 3 aromatic carbocycles. The van der Waals surface area contributed by atoms with E-state index < -0.39 is 13.3 Å². The zero-order valence-corrected chi connectivity index (χ0v) is 16.4. The Morgan fingerprint density at radius 1 is 0.778 bits per heavy atom. The van der Waals surface area contributed by atoms with E-state index in [1.54, 1.807) is 0 Å². The summed E-state index contributed by atoms with van der Waals surface area (Å²) in [7, 11) is -3.91. The molecule has 0 saturated carbocycles. The molecule has 4 nitrogen and oxygen atoms in total. The molecule has 1 aliphatic rings.